The van der Waals surface area contributed by atoms with Crippen LogP contribution in [0.3, 0.4) is 0 Å². The summed E-state index contributed by atoms with van der Waals surface area (Å²) in [6.07, 6.45) is 90.0. The van der Waals surface area contributed by atoms with E-state index in [1.165, 1.54) is 250 Å². The number of carbonyl (C=O) groups excluding carboxylic acids is 2. The van der Waals surface area contributed by atoms with Gasteiger partial charge in [-0.15, -0.1) is 0 Å². The minimum absolute atomic E-state index is 0.0540. The molecule has 0 heterocycles. The van der Waals surface area contributed by atoms with Crippen molar-refractivity contribution in [3.8, 4) is 0 Å². The van der Waals surface area contributed by atoms with Crippen LogP contribution in [0.1, 0.15) is 348 Å². The highest BCUT2D eigenvalue weighted by molar-refractivity contribution is 7.47. The van der Waals surface area contributed by atoms with Crippen molar-refractivity contribution in [2.24, 2.45) is 5.73 Å². The topological polar surface area (TPSA) is 134 Å². The third-order valence-electron chi connectivity index (χ3n) is 15.6. The molecule has 0 radical (unpaired) electrons. The maximum atomic E-state index is 12.8. The predicted molar refractivity (Wildman–Crippen MR) is 358 cm³/mol. The first kappa shape index (κ1) is 80.5. The molecule has 0 saturated carbocycles. The number of unbranched alkanes of at least 4 members (excludes halogenated alkanes) is 42. The van der Waals surface area contributed by atoms with E-state index in [-0.39, 0.29) is 38.6 Å². The summed E-state index contributed by atoms with van der Waals surface area (Å²) in [4.78, 5) is 35.4. The van der Waals surface area contributed by atoms with Crippen LogP contribution in [-0.4, -0.2) is 49.3 Å². The van der Waals surface area contributed by atoms with Crippen LogP contribution in [-0.2, 0) is 32.7 Å². The number of nitrogens with two attached hydrogens (primary N) is 1. The van der Waals surface area contributed by atoms with E-state index in [4.69, 9.17) is 24.3 Å². The van der Waals surface area contributed by atoms with E-state index in [2.05, 4.69) is 86.8 Å². The van der Waals surface area contributed by atoms with E-state index in [9.17, 15) is 19.0 Å². The van der Waals surface area contributed by atoms with Crippen LogP contribution in [0.15, 0.2) is 72.9 Å². The van der Waals surface area contributed by atoms with Gasteiger partial charge in [-0.2, -0.15) is 0 Å². The Morgan fingerprint density at radius 1 is 0.373 bits per heavy atom. The maximum Gasteiger partial charge on any atom is 0.472 e. The number of rotatable bonds is 67. The molecule has 0 aliphatic carbocycles. The van der Waals surface area contributed by atoms with Gasteiger partial charge in [-0.1, -0.05) is 324 Å². The lowest BCUT2D eigenvalue weighted by atomic mass is 10.0. The molecule has 0 aliphatic heterocycles. The summed E-state index contributed by atoms with van der Waals surface area (Å²) < 4.78 is 33.2. The van der Waals surface area contributed by atoms with Crippen molar-refractivity contribution in [3.63, 3.8) is 0 Å². The van der Waals surface area contributed by atoms with E-state index >= 15 is 0 Å². The quantitative estimate of drug-likeness (QED) is 0.0264. The first-order chi connectivity index (χ1) is 40.8. The molecule has 2 atom stereocenters. The Bertz CT molecular complexity index is 1590. The summed E-state index contributed by atoms with van der Waals surface area (Å²) in [5.74, 6) is -0.811. The molecule has 0 aromatic heterocycles. The fourth-order valence-electron chi connectivity index (χ4n) is 10.4. The molecule has 0 spiro atoms. The van der Waals surface area contributed by atoms with E-state index in [0.29, 0.717) is 6.42 Å². The second kappa shape index (κ2) is 68.6. The monoisotopic (exact) mass is 1180 g/mol. The van der Waals surface area contributed by atoms with Crippen molar-refractivity contribution >= 4 is 19.8 Å². The van der Waals surface area contributed by atoms with Crippen molar-refractivity contribution in [2.45, 2.75) is 354 Å². The number of hydrogen-bond acceptors (Lipinski definition) is 8. The number of hydrogen-bond donors (Lipinski definition) is 2. The summed E-state index contributed by atoms with van der Waals surface area (Å²) in [6.45, 7) is 3.68. The molecule has 83 heavy (non-hydrogen) atoms. The molecular formula is C73H134NO8P. The highest BCUT2D eigenvalue weighted by atomic mass is 31.2. The summed E-state index contributed by atoms with van der Waals surface area (Å²) in [5, 5.41) is 0. The van der Waals surface area contributed by atoms with Crippen molar-refractivity contribution in [2.75, 3.05) is 26.4 Å². The van der Waals surface area contributed by atoms with Gasteiger partial charge in [0.25, 0.3) is 0 Å². The molecule has 0 aromatic carbocycles. The Hall–Kier alpha value is -2.55. The zero-order chi connectivity index (χ0) is 60.1. The molecule has 9 nitrogen and oxygen atoms in total. The van der Waals surface area contributed by atoms with Crippen molar-refractivity contribution in [1.29, 1.82) is 0 Å². The largest absolute Gasteiger partial charge is 0.472 e. The Balaban J connectivity index is 3.82. The molecule has 0 aromatic rings. The normalized spacial score (nSPS) is 13.3. The Morgan fingerprint density at radius 3 is 0.988 bits per heavy atom. The Labute approximate surface area is 513 Å². The highest BCUT2D eigenvalue weighted by Gasteiger charge is 2.26. The van der Waals surface area contributed by atoms with Crippen molar-refractivity contribution in [3.05, 3.63) is 72.9 Å². The van der Waals surface area contributed by atoms with Crippen molar-refractivity contribution < 1.29 is 37.6 Å². The second-order valence-electron chi connectivity index (χ2n) is 23.7. The van der Waals surface area contributed by atoms with Gasteiger partial charge in [-0.25, -0.2) is 4.57 Å². The average molecular weight is 1180 g/mol. The minimum Gasteiger partial charge on any atom is -0.462 e. The SMILES string of the molecule is CC/C=C\C/C=C\C/C=C\C/C=C\CCCCCCCCCCCCCCCCCCCCCCCCC(=O)OC(COC(=O)CCCCCCCCCCCCCCCCC/C=C\C/C=C\CCCCCCC)COP(=O)(O)OCCN. The van der Waals surface area contributed by atoms with Gasteiger partial charge < -0.3 is 20.1 Å². The molecule has 2 unspecified atom stereocenters. The molecule has 0 amide bonds. The van der Waals surface area contributed by atoms with Crippen LogP contribution in [0.5, 0.6) is 0 Å². The van der Waals surface area contributed by atoms with E-state index < -0.39 is 26.5 Å². The average Bonchev–Trinajstić information content (AvgIpc) is 3.48. The zero-order valence-electron chi connectivity index (χ0n) is 54.4. The summed E-state index contributed by atoms with van der Waals surface area (Å²) >= 11 is 0. The lowest BCUT2D eigenvalue weighted by Crippen LogP contribution is -2.29. The minimum atomic E-state index is -4.39. The van der Waals surface area contributed by atoms with E-state index in [1.54, 1.807) is 0 Å². The van der Waals surface area contributed by atoms with Gasteiger partial charge in [-0.05, 0) is 83.5 Å². The number of esters is 2. The lowest BCUT2D eigenvalue weighted by molar-refractivity contribution is -0.161. The summed E-state index contributed by atoms with van der Waals surface area (Å²) in [5.41, 5.74) is 5.40. The number of ether oxygens (including phenoxy) is 2. The maximum absolute atomic E-state index is 12.8. The standard InChI is InChI=1S/C73H134NO8P/c1-3-5-7-9-11-13-15-17-19-21-23-25-27-29-31-32-33-34-35-36-37-38-40-42-44-46-48-50-52-54-56-58-60-62-64-66-73(76)82-71(70-81-83(77,78)80-68-67-74)69-79-72(75)65-63-61-59-57-55-53-51-49-47-45-43-41-39-30-28-26-24-22-20-18-16-14-12-10-8-6-4-2/h5,7,11,13,16-19,22-25,71H,3-4,6,8-10,12,14-15,20-21,26-70,74H2,1-2H3,(H,77,78)/b7-5-,13-11-,18-16-,19-17-,24-22-,25-23-. The lowest BCUT2D eigenvalue weighted by Gasteiger charge is -2.19. The molecule has 0 rings (SSSR count). The molecule has 0 saturated heterocycles. The van der Waals surface area contributed by atoms with Gasteiger partial charge in [-0.3, -0.25) is 18.6 Å². The second-order valence-corrected chi connectivity index (χ2v) is 25.2. The highest BCUT2D eigenvalue weighted by Crippen LogP contribution is 2.43. The van der Waals surface area contributed by atoms with Gasteiger partial charge in [0.2, 0.25) is 0 Å². The first-order valence-corrected chi connectivity index (χ1v) is 36.9. The van der Waals surface area contributed by atoms with Crippen molar-refractivity contribution in [1.82, 2.24) is 0 Å². The van der Waals surface area contributed by atoms with Gasteiger partial charge >= 0.3 is 19.8 Å². The zero-order valence-corrected chi connectivity index (χ0v) is 55.3. The third-order valence-corrected chi connectivity index (χ3v) is 16.6. The Kier molecular flexibility index (Phi) is 66.5. The molecule has 10 heteroatoms. The van der Waals surface area contributed by atoms with Gasteiger partial charge in [0.05, 0.1) is 13.2 Å². The van der Waals surface area contributed by atoms with Crippen LogP contribution in [0, 0.1) is 0 Å². The molecule has 0 aliphatic rings. The predicted octanol–water partition coefficient (Wildman–Crippen LogP) is 23.2. The van der Waals surface area contributed by atoms with E-state index in [0.717, 1.165) is 64.2 Å². The number of allylic oxidation sites excluding steroid dienone is 12. The third kappa shape index (κ3) is 68.4. The molecule has 484 valence electrons. The van der Waals surface area contributed by atoms with Crippen LogP contribution < -0.4 is 5.73 Å². The van der Waals surface area contributed by atoms with Crippen LogP contribution in [0.2, 0.25) is 0 Å². The molecule has 0 bridgehead atoms. The smallest absolute Gasteiger partial charge is 0.462 e. The fraction of sp³-hybridized carbons (Fsp3) is 0.808. The number of phosphoric acid groups is 1. The summed E-state index contributed by atoms with van der Waals surface area (Å²) in [7, 11) is -4.39. The molecular weight excluding hydrogens is 1050 g/mol. The van der Waals surface area contributed by atoms with E-state index in [1.807, 2.05) is 0 Å². The first-order valence-electron chi connectivity index (χ1n) is 35.4. The van der Waals surface area contributed by atoms with Crippen LogP contribution in [0.25, 0.3) is 0 Å². The van der Waals surface area contributed by atoms with Gasteiger partial charge in [0.15, 0.2) is 6.10 Å². The molecule has 0 fully saturated rings. The fourth-order valence-corrected chi connectivity index (χ4v) is 11.1. The number of phosphoric ester groups is 1. The van der Waals surface area contributed by atoms with Crippen LogP contribution in [0.4, 0.5) is 0 Å². The van der Waals surface area contributed by atoms with Gasteiger partial charge in [0.1, 0.15) is 6.61 Å². The number of carbonyl (C=O) groups is 2. The van der Waals surface area contributed by atoms with Crippen LogP contribution >= 0.6 is 7.82 Å². The Morgan fingerprint density at radius 2 is 0.663 bits per heavy atom. The summed E-state index contributed by atoms with van der Waals surface area (Å²) in [6, 6.07) is 0. The van der Waals surface area contributed by atoms with Gasteiger partial charge in [0, 0.05) is 19.4 Å². The molecule has 3 N–H and O–H groups in total.